The highest BCUT2D eigenvalue weighted by molar-refractivity contribution is 5.95. The molecule has 1 amide bonds. The Balaban J connectivity index is 2.97. The van der Waals surface area contributed by atoms with Gasteiger partial charge < -0.3 is 10.0 Å². The molecule has 1 atom stereocenters. The molecule has 1 aromatic carbocycles. The van der Waals surface area contributed by atoms with Crippen molar-refractivity contribution in [2.75, 3.05) is 13.6 Å². The minimum Gasteiger partial charge on any atom is -0.481 e. The Labute approximate surface area is 116 Å². The number of nitro benzene ring substituents is 1. The van der Waals surface area contributed by atoms with Crippen LogP contribution in [-0.4, -0.2) is 40.4 Å². The number of nitrogens with zero attached hydrogens (tertiary/aromatic N) is 2. The topological polar surface area (TPSA) is 101 Å². The number of non-ortho nitro benzene ring substituents is 1. The van der Waals surface area contributed by atoms with Crippen LogP contribution in [0.5, 0.6) is 0 Å². The Kier molecular flexibility index (Phi) is 4.79. The molecule has 0 saturated carbocycles. The second kappa shape index (κ2) is 6.14. The van der Waals surface area contributed by atoms with Gasteiger partial charge in [-0.25, -0.2) is 0 Å². The van der Waals surface area contributed by atoms with Crippen molar-refractivity contribution in [1.29, 1.82) is 0 Å². The fourth-order valence-corrected chi connectivity index (χ4v) is 1.78. The van der Waals surface area contributed by atoms with E-state index >= 15 is 0 Å². The zero-order chi connectivity index (χ0) is 15.4. The van der Waals surface area contributed by atoms with Gasteiger partial charge in [0.1, 0.15) is 0 Å². The van der Waals surface area contributed by atoms with Crippen molar-refractivity contribution in [3.8, 4) is 0 Å². The summed E-state index contributed by atoms with van der Waals surface area (Å²) in [7, 11) is 1.47. The van der Waals surface area contributed by atoms with Crippen molar-refractivity contribution in [3.63, 3.8) is 0 Å². The summed E-state index contributed by atoms with van der Waals surface area (Å²) in [6.07, 6.45) is 0. The smallest absolute Gasteiger partial charge is 0.308 e. The summed E-state index contributed by atoms with van der Waals surface area (Å²) in [6, 6.07) is 4.10. The number of aryl methyl sites for hydroxylation is 1. The number of amides is 1. The summed E-state index contributed by atoms with van der Waals surface area (Å²) in [6.45, 7) is 3.18. The fourth-order valence-electron chi connectivity index (χ4n) is 1.78. The molecule has 0 fully saturated rings. The average Bonchev–Trinajstić information content (AvgIpc) is 2.36. The molecule has 0 saturated heterocycles. The maximum atomic E-state index is 12.1. The van der Waals surface area contributed by atoms with Gasteiger partial charge in [-0.2, -0.15) is 0 Å². The number of nitro groups is 1. The molecule has 0 radical (unpaired) electrons. The van der Waals surface area contributed by atoms with Gasteiger partial charge in [-0.1, -0.05) is 6.92 Å². The quantitative estimate of drug-likeness (QED) is 0.653. The van der Waals surface area contributed by atoms with E-state index in [0.29, 0.717) is 5.56 Å². The first-order valence-electron chi connectivity index (χ1n) is 5.96. The summed E-state index contributed by atoms with van der Waals surface area (Å²) in [5, 5.41) is 19.6. The molecule has 1 aromatic rings. The Morgan fingerprint density at radius 3 is 2.50 bits per heavy atom. The third kappa shape index (κ3) is 3.78. The number of carboxylic acids is 1. The van der Waals surface area contributed by atoms with Crippen molar-refractivity contribution in [1.82, 2.24) is 4.90 Å². The van der Waals surface area contributed by atoms with Gasteiger partial charge in [0.25, 0.3) is 11.6 Å². The number of aliphatic carboxylic acids is 1. The number of rotatable bonds is 5. The van der Waals surface area contributed by atoms with Crippen LogP contribution in [0.1, 0.15) is 22.8 Å². The van der Waals surface area contributed by atoms with Gasteiger partial charge in [0, 0.05) is 31.3 Å². The van der Waals surface area contributed by atoms with E-state index in [-0.39, 0.29) is 17.8 Å². The summed E-state index contributed by atoms with van der Waals surface area (Å²) in [5.41, 5.74) is 0.618. The molecule has 20 heavy (non-hydrogen) atoms. The van der Waals surface area contributed by atoms with Gasteiger partial charge >= 0.3 is 5.97 Å². The Morgan fingerprint density at radius 1 is 1.40 bits per heavy atom. The molecule has 1 unspecified atom stereocenters. The second-order valence-corrected chi connectivity index (χ2v) is 4.74. The van der Waals surface area contributed by atoms with Gasteiger partial charge in [0.15, 0.2) is 0 Å². The lowest BCUT2D eigenvalue weighted by molar-refractivity contribution is -0.384. The molecule has 0 aliphatic rings. The minimum absolute atomic E-state index is 0.0376. The maximum absolute atomic E-state index is 12.1. The third-order valence-electron chi connectivity index (χ3n) is 2.84. The molecule has 0 aromatic heterocycles. The zero-order valence-corrected chi connectivity index (χ0v) is 11.5. The fraction of sp³-hybridized carbons (Fsp3) is 0.385. The predicted molar refractivity (Wildman–Crippen MR) is 71.6 cm³/mol. The normalized spacial score (nSPS) is 11.8. The van der Waals surface area contributed by atoms with Crippen LogP contribution in [0, 0.1) is 23.0 Å². The van der Waals surface area contributed by atoms with Crippen LogP contribution in [0.25, 0.3) is 0 Å². The van der Waals surface area contributed by atoms with Gasteiger partial charge in [-0.05, 0) is 18.6 Å². The highest BCUT2D eigenvalue weighted by atomic mass is 16.6. The lowest BCUT2D eigenvalue weighted by Crippen LogP contribution is -2.33. The predicted octanol–water partition coefficient (Wildman–Crippen LogP) is 1.70. The van der Waals surface area contributed by atoms with E-state index in [1.807, 2.05) is 0 Å². The number of hydrogen-bond donors (Lipinski definition) is 1. The maximum Gasteiger partial charge on any atom is 0.308 e. The number of carbonyl (C=O) groups excluding carboxylic acids is 1. The number of hydrogen-bond acceptors (Lipinski definition) is 4. The summed E-state index contributed by atoms with van der Waals surface area (Å²) in [5.74, 6) is -2.14. The van der Waals surface area contributed by atoms with E-state index in [4.69, 9.17) is 5.11 Å². The number of carbonyl (C=O) groups is 2. The van der Waals surface area contributed by atoms with Crippen LogP contribution in [0.15, 0.2) is 18.2 Å². The first-order valence-corrected chi connectivity index (χ1v) is 5.96. The van der Waals surface area contributed by atoms with Crippen LogP contribution < -0.4 is 0 Å². The van der Waals surface area contributed by atoms with Crippen LogP contribution in [-0.2, 0) is 4.79 Å². The lowest BCUT2D eigenvalue weighted by Gasteiger charge is -2.19. The van der Waals surface area contributed by atoms with Crippen LogP contribution >= 0.6 is 0 Å². The summed E-state index contributed by atoms with van der Waals surface area (Å²) >= 11 is 0. The van der Waals surface area contributed by atoms with Crippen molar-refractivity contribution >= 4 is 17.6 Å². The van der Waals surface area contributed by atoms with Crippen molar-refractivity contribution in [3.05, 3.63) is 39.4 Å². The second-order valence-electron chi connectivity index (χ2n) is 4.74. The lowest BCUT2D eigenvalue weighted by atomic mass is 10.1. The molecule has 1 rings (SSSR count). The van der Waals surface area contributed by atoms with E-state index in [9.17, 15) is 19.7 Å². The van der Waals surface area contributed by atoms with Crippen molar-refractivity contribution in [2.45, 2.75) is 13.8 Å². The number of benzene rings is 1. The molecular formula is C13H16N2O5. The Hall–Kier alpha value is -2.44. The van der Waals surface area contributed by atoms with E-state index < -0.39 is 22.7 Å². The van der Waals surface area contributed by atoms with E-state index in [1.54, 1.807) is 6.92 Å². The van der Waals surface area contributed by atoms with E-state index in [2.05, 4.69) is 0 Å². The van der Waals surface area contributed by atoms with Gasteiger partial charge in [-0.3, -0.25) is 19.7 Å². The molecule has 108 valence electrons. The molecule has 0 aliphatic heterocycles. The van der Waals surface area contributed by atoms with Crippen molar-refractivity contribution in [2.24, 2.45) is 5.92 Å². The first kappa shape index (κ1) is 15.6. The minimum atomic E-state index is -1.00. The average molecular weight is 280 g/mol. The molecule has 1 N–H and O–H groups in total. The van der Waals surface area contributed by atoms with Crippen LogP contribution in [0.4, 0.5) is 5.69 Å². The van der Waals surface area contributed by atoms with Crippen molar-refractivity contribution < 1.29 is 19.6 Å². The van der Waals surface area contributed by atoms with Gasteiger partial charge in [0.2, 0.25) is 0 Å². The Bertz CT molecular complexity index is 556. The molecule has 0 bridgehead atoms. The molecule has 7 nitrogen and oxygen atoms in total. The molecule has 0 heterocycles. The van der Waals surface area contributed by atoms with Crippen LogP contribution in [0.2, 0.25) is 0 Å². The first-order chi connectivity index (χ1) is 9.22. The Morgan fingerprint density at radius 2 is 2.00 bits per heavy atom. The van der Waals surface area contributed by atoms with Crippen LogP contribution in [0.3, 0.4) is 0 Å². The van der Waals surface area contributed by atoms with Gasteiger partial charge in [-0.15, -0.1) is 0 Å². The molecular weight excluding hydrogens is 264 g/mol. The zero-order valence-electron chi connectivity index (χ0n) is 11.5. The van der Waals surface area contributed by atoms with E-state index in [1.165, 1.54) is 37.1 Å². The third-order valence-corrected chi connectivity index (χ3v) is 2.84. The summed E-state index contributed by atoms with van der Waals surface area (Å²) in [4.78, 5) is 34.4. The standard InChI is InChI=1S/C13H16N2O5/c1-8-4-10(6-11(5-8)15(19)20)12(16)14(3)7-9(2)13(17)18/h4-6,9H,7H2,1-3H3,(H,17,18). The molecule has 0 spiro atoms. The highest BCUT2D eigenvalue weighted by Gasteiger charge is 2.20. The van der Waals surface area contributed by atoms with Gasteiger partial charge in [0.05, 0.1) is 10.8 Å². The molecule has 7 heteroatoms. The SMILES string of the molecule is Cc1cc(C(=O)N(C)CC(C)C(=O)O)cc([N+](=O)[O-])c1. The summed E-state index contributed by atoms with van der Waals surface area (Å²) < 4.78 is 0. The van der Waals surface area contributed by atoms with E-state index in [0.717, 1.165) is 0 Å². The number of carboxylic acid groups (broad SMARTS) is 1. The molecule has 0 aliphatic carbocycles. The monoisotopic (exact) mass is 280 g/mol. The highest BCUT2D eigenvalue weighted by Crippen LogP contribution is 2.18. The largest absolute Gasteiger partial charge is 0.481 e.